The molecule has 0 aliphatic carbocycles. The second kappa shape index (κ2) is 7.14. The Kier molecular flexibility index (Phi) is 5.23. The Hall–Kier alpha value is -2.26. The molecule has 0 unspecified atom stereocenters. The van der Waals surface area contributed by atoms with Gasteiger partial charge in [0.15, 0.2) is 4.34 Å². The number of hydrogen-bond donors (Lipinski definition) is 1. The summed E-state index contributed by atoms with van der Waals surface area (Å²) >= 11 is 2.70. The highest BCUT2D eigenvalue weighted by Crippen LogP contribution is 2.27. The van der Waals surface area contributed by atoms with Crippen molar-refractivity contribution in [2.45, 2.75) is 11.3 Å². The molecule has 2 rings (SSSR count). The highest BCUT2D eigenvalue weighted by atomic mass is 32.2. The van der Waals surface area contributed by atoms with E-state index < -0.39 is 10.8 Å². The number of thioether (sulfide) groups is 1. The van der Waals surface area contributed by atoms with Crippen LogP contribution in [-0.4, -0.2) is 26.8 Å². The number of carbonyl (C=O) groups is 1. The molecule has 0 aliphatic rings. The number of benzene rings is 1. The van der Waals surface area contributed by atoms with Crippen molar-refractivity contribution < 1.29 is 9.72 Å². The van der Waals surface area contributed by atoms with E-state index in [1.54, 1.807) is 13.0 Å². The fraction of sp³-hybridized carbons (Fsp3) is 0.154. The number of hydrogen-bond acceptors (Lipinski definition) is 7. The highest BCUT2D eigenvalue weighted by Gasteiger charge is 2.19. The third-order valence-electron chi connectivity index (χ3n) is 2.70. The molecule has 1 heterocycles. The Morgan fingerprint density at radius 3 is 3.00 bits per heavy atom. The maximum absolute atomic E-state index is 12.2. The molecule has 0 bridgehead atoms. The number of carbonyl (C=O) groups excluding carboxylic acids is 1. The summed E-state index contributed by atoms with van der Waals surface area (Å²) in [5.41, 5.74) is 0.465. The Balaban J connectivity index is 2.15. The lowest BCUT2D eigenvalue weighted by Gasteiger charge is -2.05. The Bertz CT molecular complexity index is 730. The van der Waals surface area contributed by atoms with Crippen LogP contribution >= 0.6 is 23.1 Å². The van der Waals surface area contributed by atoms with Gasteiger partial charge >= 0.3 is 0 Å². The van der Waals surface area contributed by atoms with Crippen molar-refractivity contribution in [3.8, 4) is 0 Å². The summed E-state index contributed by atoms with van der Waals surface area (Å²) in [7, 11) is 0. The zero-order chi connectivity index (χ0) is 16.1. The first-order valence-electron chi connectivity index (χ1n) is 6.15. The smallest absolute Gasteiger partial charge is 0.273 e. The molecule has 0 spiro atoms. The summed E-state index contributed by atoms with van der Waals surface area (Å²) < 4.78 is 0.714. The summed E-state index contributed by atoms with van der Waals surface area (Å²) in [6.45, 7) is 5.15. The molecule has 0 saturated heterocycles. The van der Waals surface area contributed by atoms with Gasteiger partial charge in [-0.25, -0.2) is 0 Å². The SMILES string of the molecule is C=CCSc1nnc(NC(=O)c2cccc([N+](=O)[O-])c2C)s1. The fourth-order valence-electron chi connectivity index (χ4n) is 1.68. The minimum atomic E-state index is -0.513. The first kappa shape index (κ1) is 16.1. The molecule has 0 radical (unpaired) electrons. The van der Waals surface area contributed by atoms with Gasteiger partial charge in [-0.1, -0.05) is 35.2 Å². The average molecular weight is 336 g/mol. The predicted octanol–water partition coefficient (Wildman–Crippen LogP) is 3.29. The van der Waals surface area contributed by atoms with Crippen molar-refractivity contribution >= 4 is 39.8 Å². The lowest BCUT2D eigenvalue weighted by Crippen LogP contribution is -2.14. The van der Waals surface area contributed by atoms with Gasteiger partial charge in [-0.15, -0.1) is 16.8 Å². The second-order valence-electron chi connectivity index (χ2n) is 4.13. The summed E-state index contributed by atoms with van der Waals surface area (Å²) in [6, 6.07) is 4.37. The number of nitrogens with one attached hydrogen (secondary N) is 1. The van der Waals surface area contributed by atoms with Crippen molar-refractivity contribution in [3.63, 3.8) is 0 Å². The minimum absolute atomic E-state index is 0.0906. The van der Waals surface area contributed by atoms with Crippen LogP contribution in [0.1, 0.15) is 15.9 Å². The third-order valence-corrected chi connectivity index (χ3v) is 4.67. The monoisotopic (exact) mass is 336 g/mol. The molecule has 0 fully saturated rings. The van der Waals surface area contributed by atoms with E-state index >= 15 is 0 Å². The lowest BCUT2D eigenvalue weighted by atomic mass is 10.1. The van der Waals surface area contributed by atoms with Crippen LogP contribution in [0.2, 0.25) is 0 Å². The molecule has 0 atom stereocenters. The fourth-order valence-corrected chi connectivity index (χ4v) is 3.19. The number of nitro groups is 1. The van der Waals surface area contributed by atoms with Gasteiger partial charge < -0.3 is 0 Å². The maximum Gasteiger partial charge on any atom is 0.273 e. The van der Waals surface area contributed by atoms with Gasteiger partial charge in [0.2, 0.25) is 5.13 Å². The van der Waals surface area contributed by atoms with Gasteiger partial charge in [0, 0.05) is 22.9 Å². The van der Waals surface area contributed by atoms with Crippen molar-refractivity contribution in [1.82, 2.24) is 10.2 Å². The number of nitro benzene ring substituents is 1. The van der Waals surface area contributed by atoms with Crippen molar-refractivity contribution in [1.29, 1.82) is 0 Å². The van der Waals surface area contributed by atoms with E-state index in [1.807, 2.05) is 0 Å². The summed E-state index contributed by atoms with van der Waals surface area (Å²) in [5, 5.41) is 21.7. The summed E-state index contributed by atoms with van der Waals surface area (Å²) in [4.78, 5) is 22.6. The normalized spacial score (nSPS) is 10.2. The van der Waals surface area contributed by atoms with Crippen LogP contribution in [0, 0.1) is 17.0 Å². The highest BCUT2D eigenvalue weighted by molar-refractivity contribution is 8.01. The standard InChI is InChI=1S/C13H12N4O3S2/c1-3-7-21-13-16-15-12(22-13)14-11(18)9-5-4-6-10(8(9)2)17(19)20/h3-6H,1,7H2,2H3,(H,14,15,18). The molecule has 9 heteroatoms. The molecule has 1 aromatic carbocycles. The molecular formula is C13H12N4O3S2. The maximum atomic E-state index is 12.2. The van der Waals surface area contributed by atoms with E-state index in [2.05, 4.69) is 22.1 Å². The van der Waals surface area contributed by atoms with Gasteiger partial charge in [0.25, 0.3) is 11.6 Å². The number of rotatable bonds is 6. The van der Waals surface area contributed by atoms with Crippen LogP contribution in [0.3, 0.4) is 0 Å². The van der Waals surface area contributed by atoms with E-state index in [1.165, 1.54) is 41.3 Å². The quantitative estimate of drug-likeness (QED) is 0.286. The Morgan fingerprint density at radius 1 is 1.55 bits per heavy atom. The molecule has 7 nitrogen and oxygen atoms in total. The summed E-state index contributed by atoms with van der Waals surface area (Å²) in [6.07, 6.45) is 1.75. The zero-order valence-electron chi connectivity index (χ0n) is 11.6. The van der Waals surface area contributed by atoms with Crippen molar-refractivity contribution in [3.05, 3.63) is 52.1 Å². The van der Waals surface area contributed by atoms with E-state index in [9.17, 15) is 14.9 Å². The van der Waals surface area contributed by atoms with Crippen molar-refractivity contribution in [2.24, 2.45) is 0 Å². The predicted molar refractivity (Wildman–Crippen MR) is 86.6 cm³/mol. The molecule has 1 amide bonds. The van der Waals surface area contributed by atoms with Gasteiger partial charge in [-0.2, -0.15) is 0 Å². The average Bonchev–Trinajstić information content (AvgIpc) is 2.92. The van der Waals surface area contributed by atoms with Crippen LogP contribution in [0.25, 0.3) is 0 Å². The summed E-state index contributed by atoms with van der Waals surface area (Å²) in [5.74, 6) is 0.254. The van der Waals surface area contributed by atoms with E-state index in [-0.39, 0.29) is 11.3 Å². The molecule has 22 heavy (non-hydrogen) atoms. The molecule has 1 N–H and O–H groups in total. The van der Waals surface area contributed by atoms with Gasteiger partial charge in [-0.3, -0.25) is 20.2 Å². The topological polar surface area (TPSA) is 98.0 Å². The molecule has 114 valence electrons. The molecule has 1 aromatic heterocycles. The van der Waals surface area contributed by atoms with E-state index in [4.69, 9.17) is 0 Å². The molecule has 2 aromatic rings. The van der Waals surface area contributed by atoms with E-state index in [0.717, 1.165) is 0 Å². The lowest BCUT2D eigenvalue weighted by molar-refractivity contribution is -0.385. The largest absolute Gasteiger partial charge is 0.296 e. The zero-order valence-corrected chi connectivity index (χ0v) is 13.2. The van der Waals surface area contributed by atoms with Crippen LogP contribution in [0.5, 0.6) is 0 Å². The number of nitrogens with zero attached hydrogens (tertiary/aromatic N) is 3. The van der Waals surface area contributed by atoms with Gasteiger partial charge in [-0.05, 0) is 13.0 Å². The first-order chi connectivity index (χ1) is 10.5. The van der Waals surface area contributed by atoms with Gasteiger partial charge in [0.1, 0.15) is 0 Å². The Labute approximate surface area is 134 Å². The van der Waals surface area contributed by atoms with Crippen LogP contribution in [0.4, 0.5) is 10.8 Å². The number of anilines is 1. The molecular weight excluding hydrogens is 324 g/mol. The van der Waals surface area contributed by atoms with Gasteiger partial charge in [0.05, 0.1) is 4.92 Å². The van der Waals surface area contributed by atoms with Crippen LogP contribution in [-0.2, 0) is 0 Å². The number of amides is 1. The second-order valence-corrected chi connectivity index (χ2v) is 6.38. The van der Waals surface area contributed by atoms with Crippen LogP contribution < -0.4 is 5.32 Å². The van der Waals surface area contributed by atoms with E-state index in [0.29, 0.717) is 20.8 Å². The molecule has 0 aliphatic heterocycles. The van der Waals surface area contributed by atoms with Crippen molar-refractivity contribution in [2.75, 3.05) is 11.1 Å². The first-order valence-corrected chi connectivity index (χ1v) is 7.95. The van der Waals surface area contributed by atoms with Crippen LogP contribution in [0.15, 0.2) is 35.2 Å². The third kappa shape index (κ3) is 3.68. The Morgan fingerprint density at radius 2 is 2.32 bits per heavy atom. The number of aromatic nitrogens is 2. The molecule has 0 saturated carbocycles. The minimum Gasteiger partial charge on any atom is -0.296 e.